The summed E-state index contributed by atoms with van der Waals surface area (Å²) in [6.07, 6.45) is 1.90. The van der Waals surface area contributed by atoms with Gasteiger partial charge in [-0.05, 0) is 87.6 Å². The largest absolute Gasteiger partial charge is 0.468 e. The Kier molecular flexibility index (Phi) is 9.14. The molecule has 51 heavy (non-hydrogen) atoms. The van der Waals surface area contributed by atoms with Crippen LogP contribution in [0.4, 0.5) is 17.1 Å². The van der Waals surface area contributed by atoms with Gasteiger partial charge < -0.3 is 33.5 Å². The van der Waals surface area contributed by atoms with E-state index in [1.807, 2.05) is 73.5 Å². The SMILES string of the molecule is CCOC(=O)CCCN1c2cc3c(cc2C(C)CC1(C)C)C1(OC(=O)c2ccccc21)c1cc(Cl)c(N(C)c2ccc(OCOC)cc2)cc1O3. The van der Waals surface area contributed by atoms with Crippen LogP contribution in [-0.2, 0) is 24.6 Å². The number of ether oxygens (including phenoxy) is 5. The minimum Gasteiger partial charge on any atom is -0.468 e. The number of benzene rings is 4. The number of methoxy groups -OCH3 is 1. The molecule has 0 saturated carbocycles. The fraction of sp³-hybridized carbons (Fsp3) is 0.366. The van der Waals surface area contributed by atoms with Crippen LogP contribution in [0.25, 0.3) is 0 Å². The molecular weight excluding hydrogens is 668 g/mol. The van der Waals surface area contributed by atoms with E-state index in [0.717, 1.165) is 34.5 Å². The molecule has 4 aromatic carbocycles. The van der Waals surface area contributed by atoms with Gasteiger partial charge in [0.2, 0.25) is 0 Å². The summed E-state index contributed by atoms with van der Waals surface area (Å²) in [4.78, 5) is 30.2. The van der Waals surface area contributed by atoms with Crippen LogP contribution in [0.1, 0.15) is 85.5 Å². The maximum atomic E-state index is 13.6. The number of carbonyl (C=O) groups excluding carboxylic acids is 2. The number of nitrogens with zero attached hydrogens (tertiary/aromatic N) is 2. The summed E-state index contributed by atoms with van der Waals surface area (Å²) in [5.41, 5.74) is 5.00. The van der Waals surface area contributed by atoms with Crippen molar-refractivity contribution in [3.63, 3.8) is 0 Å². The lowest BCUT2D eigenvalue weighted by Gasteiger charge is -2.48. The Morgan fingerprint density at radius 2 is 1.75 bits per heavy atom. The fourth-order valence-electron chi connectivity index (χ4n) is 7.98. The van der Waals surface area contributed by atoms with Gasteiger partial charge in [0.05, 0.1) is 22.9 Å². The zero-order chi connectivity index (χ0) is 36.1. The molecule has 0 aliphatic carbocycles. The highest BCUT2D eigenvalue weighted by atomic mass is 35.5. The number of hydrogen-bond donors (Lipinski definition) is 0. The van der Waals surface area contributed by atoms with Gasteiger partial charge in [-0.3, -0.25) is 4.79 Å². The number of hydrogen-bond acceptors (Lipinski definition) is 9. The molecular formula is C41H43ClN2O7. The molecule has 2 atom stereocenters. The zero-order valence-corrected chi connectivity index (χ0v) is 30.6. The van der Waals surface area contributed by atoms with Gasteiger partial charge in [-0.1, -0.05) is 36.7 Å². The first-order valence-electron chi connectivity index (χ1n) is 17.4. The molecule has 10 heteroatoms. The number of halogens is 1. The van der Waals surface area contributed by atoms with E-state index in [1.165, 1.54) is 0 Å². The average molecular weight is 711 g/mol. The Hall–Kier alpha value is -4.73. The van der Waals surface area contributed by atoms with E-state index < -0.39 is 11.6 Å². The first-order valence-corrected chi connectivity index (χ1v) is 17.8. The van der Waals surface area contributed by atoms with Gasteiger partial charge >= 0.3 is 11.9 Å². The average Bonchev–Trinajstić information content (AvgIpc) is 3.40. The van der Waals surface area contributed by atoms with Crippen molar-refractivity contribution in [3.8, 4) is 17.2 Å². The molecule has 0 bridgehead atoms. The third kappa shape index (κ3) is 5.96. The molecule has 4 aromatic rings. The Morgan fingerprint density at radius 1 is 1.02 bits per heavy atom. The lowest BCUT2D eigenvalue weighted by Crippen LogP contribution is -2.49. The summed E-state index contributed by atoms with van der Waals surface area (Å²) in [6.45, 7) is 9.73. The van der Waals surface area contributed by atoms with E-state index in [1.54, 1.807) is 13.2 Å². The van der Waals surface area contributed by atoms with E-state index in [9.17, 15) is 9.59 Å². The Morgan fingerprint density at radius 3 is 2.49 bits per heavy atom. The highest BCUT2D eigenvalue weighted by Crippen LogP contribution is 2.60. The van der Waals surface area contributed by atoms with Gasteiger partial charge in [0.25, 0.3) is 0 Å². The van der Waals surface area contributed by atoms with Crippen LogP contribution >= 0.6 is 11.6 Å². The molecule has 0 amide bonds. The molecule has 0 radical (unpaired) electrons. The van der Waals surface area contributed by atoms with Gasteiger partial charge in [0.15, 0.2) is 12.4 Å². The molecule has 3 aliphatic rings. The molecule has 3 heterocycles. The first kappa shape index (κ1) is 34.7. The molecule has 0 N–H and O–H groups in total. The Balaban J connectivity index is 1.35. The second-order valence-corrected chi connectivity index (χ2v) is 14.4. The molecule has 0 aromatic heterocycles. The van der Waals surface area contributed by atoms with Crippen LogP contribution in [0.5, 0.6) is 17.2 Å². The van der Waals surface area contributed by atoms with Crippen molar-refractivity contribution in [2.75, 3.05) is 43.9 Å². The molecule has 1 spiro atoms. The molecule has 9 nitrogen and oxygen atoms in total. The molecule has 7 rings (SSSR count). The summed E-state index contributed by atoms with van der Waals surface area (Å²) < 4.78 is 29.2. The number of fused-ring (bicyclic) bond motifs is 7. The Labute approximate surface area is 304 Å². The molecule has 3 aliphatic heterocycles. The lowest BCUT2D eigenvalue weighted by atomic mass is 9.74. The summed E-state index contributed by atoms with van der Waals surface area (Å²) >= 11 is 7.12. The number of anilines is 3. The number of rotatable bonds is 10. The van der Waals surface area contributed by atoms with Gasteiger partial charge in [-0.25, -0.2) is 4.79 Å². The van der Waals surface area contributed by atoms with Crippen molar-refractivity contribution in [1.82, 2.24) is 0 Å². The maximum Gasteiger partial charge on any atom is 0.340 e. The summed E-state index contributed by atoms with van der Waals surface area (Å²) in [5.74, 6) is 1.44. The van der Waals surface area contributed by atoms with Gasteiger partial charge in [-0.2, -0.15) is 0 Å². The minimum absolute atomic E-state index is 0.158. The standard InChI is InChI=1S/C41H43ClN2O7/c1-7-48-38(45)13-10-18-44-34-21-36-31(19-29(34)25(2)23-40(44,3)4)41(30-12-9-8-11-28(30)39(46)51-41)32-20-33(42)35(22-37(32)50-36)43(5)26-14-16-27(17-15-26)49-24-47-6/h8-9,11-12,14-17,19-22,25H,7,10,13,18,23-24H2,1-6H3. The van der Waals surface area contributed by atoms with Crippen LogP contribution in [-0.4, -0.2) is 51.6 Å². The van der Waals surface area contributed by atoms with E-state index in [2.05, 4.69) is 37.8 Å². The van der Waals surface area contributed by atoms with E-state index in [-0.39, 0.29) is 24.2 Å². The second kappa shape index (κ2) is 13.4. The molecule has 266 valence electrons. The maximum absolute atomic E-state index is 13.6. The third-order valence-corrected chi connectivity index (χ3v) is 10.6. The van der Waals surface area contributed by atoms with Crippen LogP contribution < -0.4 is 19.3 Å². The monoisotopic (exact) mass is 710 g/mol. The van der Waals surface area contributed by atoms with Gasteiger partial charge in [0, 0.05) is 72.9 Å². The van der Waals surface area contributed by atoms with Crippen molar-refractivity contribution in [2.45, 2.75) is 64.0 Å². The summed E-state index contributed by atoms with van der Waals surface area (Å²) in [6, 6.07) is 23.2. The van der Waals surface area contributed by atoms with E-state index in [0.29, 0.717) is 65.1 Å². The van der Waals surface area contributed by atoms with Crippen molar-refractivity contribution < 1.29 is 33.3 Å². The summed E-state index contributed by atoms with van der Waals surface area (Å²) in [7, 11) is 3.51. The predicted octanol–water partition coefficient (Wildman–Crippen LogP) is 9.09. The van der Waals surface area contributed by atoms with Crippen molar-refractivity contribution in [3.05, 3.63) is 106 Å². The van der Waals surface area contributed by atoms with Gasteiger partial charge in [-0.15, -0.1) is 0 Å². The molecule has 0 saturated heterocycles. The topological polar surface area (TPSA) is 86.8 Å². The number of carbonyl (C=O) groups is 2. The number of esters is 2. The smallest absolute Gasteiger partial charge is 0.340 e. The fourth-order valence-corrected chi connectivity index (χ4v) is 8.27. The lowest BCUT2D eigenvalue weighted by molar-refractivity contribution is -0.143. The molecule has 2 unspecified atom stereocenters. The second-order valence-electron chi connectivity index (χ2n) is 14.0. The quantitative estimate of drug-likeness (QED) is 0.118. The van der Waals surface area contributed by atoms with Crippen LogP contribution in [0, 0.1) is 0 Å². The summed E-state index contributed by atoms with van der Waals surface area (Å²) in [5, 5.41) is 0.476. The van der Waals surface area contributed by atoms with Crippen LogP contribution in [0.15, 0.2) is 72.8 Å². The van der Waals surface area contributed by atoms with Crippen LogP contribution in [0.3, 0.4) is 0 Å². The highest BCUT2D eigenvalue weighted by molar-refractivity contribution is 6.33. The minimum atomic E-state index is -1.27. The van der Waals surface area contributed by atoms with Crippen molar-refractivity contribution in [2.24, 2.45) is 0 Å². The van der Waals surface area contributed by atoms with Crippen molar-refractivity contribution >= 4 is 40.6 Å². The van der Waals surface area contributed by atoms with Gasteiger partial charge in [0.1, 0.15) is 17.2 Å². The third-order valence-electron chi connectivity index (χ3n) is 10.3. The van der Waals surface area contributed by atoms with Crippen molar-refractivity contribution in [1.29, 1.82) is 0 Å². The normalized spacial score (nSPS) is 19.3. The van der Waals surface area contributed by atoms with E-state index >= 15 is 0 Å². The molecule has 0 fully saturated rings. The predicted molar refractivity (Wildman–Crippen MR) is 197 cm³/mol. The highest BCUT2D eigenvalue weighted by Gasteiger charge is 2.54. The van der Waals surface area contributed by atoms with E-state index in [4.69, 9.17) is 35.3 Å². The first-order chi connectivity index (χ1) is 24.5. The zero-order valence-electron chi connectivity index (χ0n) is 29.9. The van der Waals surface area contributed by atoms with Crippen LogP contribution in [0.2, 0.25) is 5.02 Å². The Bertz CT molecular complexity index is 1990.